The normalized spacial score (nSPS) is 17.2. The Morgan fingerprint density at radius 2 is 1.81 bits per heavy atom. The molecule has 1 N–H and O–H groups in total. The molecule has 8 nitrogen and oxygen atoms in total. The van der Waals surface area contributed by atoms with Gasteiger partial charge in [0.05, 0.1) is 26.8 Å². The molecular weight excluding hydrogens is 492 g/mol. The fourth-order valence-corrected chi connectivity index (χ4v) is 5.12. The predicted octanol–water partition coefficient (Wildman–Crippen LogP) is 5.42. The van der Waals surface area contributed by atoms with E-state index in [1.807, 2.05) is 0 Å². The number of non-ortho nitro benzene ring substituents is 1. The molecule has 0 radical (unpaired) electrons. The summed E-state index contributed by atoms with van der Waals surface area (Å²) in [6, 6.07) is 12.7. The van der Waals surface area contributed by atoms with Crippen LogP contribution in [-0.2, 0) is 9.59 Å². The van der Waals surface area contributed by atoms with E-state index >= 15 is 0 Å². The molecular formula is C25H15F2N3O5S. The number of nitro benzene ring substituents is 1. The third-order valence-electron chi connectivity index (χ3n) is 5.76. The van der Waals surface area contributed by atoms with Crippen molar-refractivity contribution in [2.24, 2.45) is 0 Å². The molecule has 11 heteroatoms. The van der Waals surface area contributed by atoms with Gasteiger partial charge in [0.1, 0.15) is 5.76 Å². The third-order valence-corrected chi connectivity index (χ3v) is 6.78. The first-order valence-electron chi connectivity index (χ1n) is 10.5. The number of thiazole rings is 1. The van der Waals surface area contributed by atoms with Crippen LogP contribution in [0.5, 0.6) is 0 Å². The van der Waals surface area contributed by atoms with E-state index in [0.29, 0.717) is 5.56 Å². The Morgan fingerprint density at radius 3 is 2.53 bits per heavy atom. The number of Topliss-reactive ketones (excluding diaryl/α,β-unsaturated/α-hetero) is 1. The van der Waals surface area contributed by atoms with Gasteiger partial charge >= 0.3 is 5.91 Å². The number of halogens is 2. The van der Waals surface area contributed by atoms with E-state index in [-0.39, 0.29) is 32.2 Å². The molecule has 1 aliphatic heterocycles. The number of hydrogen-bond donors (Lipinski definition) is 1. The largest absolute Gasteiger partial charge is 0.507 e. The molecule has 1 saturated heterocycles. The summed E-state index contributed by atoms with van der Waals surface area (Å²) in [5.74, 6) is -4.82. The van der Waals surface area contributed by atoms with Gasteiger partial charge in [0.2, 0.25) is 0 Å². The highest BCUT2D eigenvalue weighted by molar-refractivity contribution is 7.22. The van der Waals surface area contributed by atoms with Gasteiger partial charge in [0.15, 0.2) is 16.8 Å². The fourth-order valence-electron chi connectivity index (χ4n) is 4.12. The zero-order valence-corrected chi connectivity index (χ0v) is 19.3. The van der Waals surface area contributed by atoms with Crippen LogP contribution in [0.1, 0.15) is 22.7 Å². The lowest BCUT2D eigenvalue weighted by atomic mass is 9.94. The molecule has 1 aliphatic rings. The number of anilines is 1. The van der Waals surface area contributed by atoms with Crippen LogP contribution in [0.4, 0.5) is 19.6 Å². The van der Waals surface area contributed by atoms with Crippen LogP contribution >= 0.6 is 11.3 Å². The number of ketones is 1. The van der Waals surface area contributed by atoms with Crippen LogP contribution in [0, 0.1) is 28.7 Å². The molecule has 1 fully saturated rings. The highest BCUT2D eigenvalue weighted by Crippen LogP contribution is 2.44. The van der Waals surface area contributed by atoms with E-state index in [1.54, 1.807) is 31.2 Å². The average molecular weight is 507 g/mol. The number of rotatable bonds is 4. The van der Waals surface area contributed by atoms with Crippen LogP contribution in [-0.4, -0.2) is 26.7 Å². The third kappa shape index (κ3) is 3.79. The van der Waals surface area contributed by atoms with E-state index in [4.69, 9.17) is 0 Å². The summed E-state index contributed by atoms with van der Waals surface area (Å²) in [5.41, 5.74) is 0.753. The topological polar surface area (TPSA) is 114 Å². The average Bonchev–Trinajstić information content (AvgIpc) is 3.36. The maximum atomic E-state index is 13.8. The van der Waals surface area contributed by atoms with Gasteiger partial charge in [-0.25, -0.2) is 13.8 Å². The summed E-state index contributed by atoms with van der Waals surface area (Å²) in [5, 5.41) is 22.4. The van der Waals surface area contributed by atoms with E-state index in [0.717, 1.165) is 40.0 Å². The second-order valence-electron chi connectivity index (χ2n) is 8.12. The number of carbonyl (C=O) groups is 2. The van der Waals surface area contributed by atoms with Crippen molar-refractivity contribution in [3.63, 3.8) is 0 Å². The summed E-state index contributed by atoms with van der Waals surface area (Å²) in [7, 11) is 0. The van der Waals surface area contributed by atoms with Crippen molar-refractivity contribution < 1.29 is 28.4 Å². The van der Waals surface area contributed by atoms with Crippen molar-refractivity contribution in [2.75, 3.05) is 4.90 Å². The molecule has 36 heavy (non-hydrogen) atoms. The van der Waals surface area contributed by atoms with Crippen molar-refractivity contribution in [1.29, 1.82) is 0 Å². The van der Waals surface area contributed by atoms with Crippen molar-refractivity contribution in [2.45, 2.75) is 13.0 Å². The standard InChI is InChI=1S/C25H15F2N3O5S/c1-12-4-2-5-13(8-12)21-20(22(31)14-6-3-7-15(9-14)30(34)35)23(32)24(33)29(21)25-28-18-10-16(26)17(27)11-19(18)36-25/h2-11,21,31H,1H3/b22-20+. The minimum atomic E-state index is -1.14. The first-order chi connectivity index (χ1) is 17.2. The monoisotopic (exact) mass is 507 g/mol. The van der Waals surface area contributed by atoms with Gasteiger partial charge in [-0.2, -0.15) is 0 Å². The van der Waals surface area contributed by atoms with Gasteiger partial charge in [-0.05, 0) is 18.6 Å². The molecule has 1 aromatic heterocycles. The number of amides is 1. The summed E-state index contributed by atoms with van der Waals surface area (Å²) >= 11 is 0.883. The second kappa shape index (κ2) is 8.61. The number of aromatic nitrogens is 1. The van der Waals surface area contributed by atoms with Crippen molar-refractivity contribution in [3.8, 4) is 0 Å². The number of nitrogens with zero attached hydrogens (tertiary/aromatic N) is 3. The van der Waals surface area contributed by atoms with Gasteiger partial charge < -0.3 is 5.11 Å². The summed E-state index contributed by atoms with van der Waals surface area (Å²) < 4.78 is 27.8. The van der Waals surface area contributed by atoms with Crippen LogP contribution in [0.2, 0.25) is 0 Å². The highest BCUT2D eigenvalue weighted by atomic mass is 32.1. The Kier molecular flexibility index (Phi) is 5.56. The number of benzene rings is 3. The summed E-state index contributed by atoms with van der Waals surface area (Å²) in [6.07, 6.45) is 0. The van der Waals surface area contributed by atoms with Crippen LogP contribution in [0.25, 0.3) is 16.0 Å². The molecule has 4 aromatic rings. The Labute approximate surface area is 205 Å². The molecule has 1 amide bonds. The molecule has 5 rings (SSSR count). The molecule has 0 bridgehead atoms. The number of hydrogen-bond acceptors (Lipinski definition) is 7. The molecule has 180 valence electrons. The van der Waals surface area contributed by atoms with E-state index in [1.165, 1.54) is 18.2 Å². The predicted molar refractivity (Wildman–Crippen MR) is 129 cm³/mol. The Bertz CT molecular complexity index is 1590. The first kappa shape index (κ1) is 23.2. The van der Waals surface area contributed by atoms with E-state index in [2.05, 4.69) is 4.98 Å². The Balaban J connectivity index is 1.74. The Morgan fingerprint density at radius 1 is 1.08 bits per heavy atom. The number of carbonyl (C=O) groups excluding carboxylic acids is 2. The first-order valence-corrected chi connectivity index (χ1v) is 11.4. The van der Waals surface area contributed by atoms with Crippen molar-refractivity contribution in [3.05, 3.63) is 105 Å². The lowest BCUT2D eigenvalue weighted by molar-refractivity contribution is -0.384. The molecule has 1 atom stereocenters. The SMILES string of the molecule is Cc1cccc(C2/C(=C(\O)c3cccc([N+](=O)[O-])c3)C(=O)C(=O)N2c2nc3cc(F)c(F)cc3s2)c1. The number of aliphatic hydroxyl groups is 1. The summed E-state index contributed by atoms with van der Waals surface area (Å²) in [4.78, 5) is 42.4. The van der Waals surface area contributed by atoms with Crippen molar-refractivity contribution >= 4 is 49.8 Å². The zero-order valence-electron chi connectivity index (χ0n) is 18.4. The van der Waals surface area contributed by atoms with Crippen LogP contribution in [0.15, 0.2) is 66.2 Å². The minimum absolute atomic E-state index is 0.00157. The fraction of sp³-hybridized carbons (Fsp3) is 0.0800. The van der Waals surface area contributed by atoms with Crippen LogP contribution < -0.4 is 4.90 Å². The number of fused-ring (bicyclic) bond motifs is 1. The van der Waals surface area contributed by atoms with Crippen LogP contribution in [0.3, 0.4) is 0 Å². The lowest BCUT2D eigenvalue weighted by Crippen LogP contribution is -2.29. The molecule has 0 saturated carbocycles. The molecule has 1 unspecified atom stereocenters. The van der Waals surface area contributed by atoms with Gasteiger partial charge in [-0.15, -0.1) is 0 Å². The molecule has 0 aliphatic carbocycles. The van der Waals surface area contributed by atoms with E-state index < -0.39 is 40.0 Å². The van der Waals surface area contributed by atoms with E-state index in [9.17, 15) is 33.6 Å². The maximum Gasteiger partial charge on any atom is 0.301 e. The van der Waals surface area contributed by atoms with Gasteiger partial charge in [0.25, 0.3) is 11.5 Å². The smallest absolute Gasteiger partial charge is 0.301 e. The molecule has 0 spiro atoms. The van der Waals surface area contributed by atoms with Gasteiger partial charge in [0, 0.05) is 23.8 Å². The summed E-state index contributed by atoms with van der Waals surface area (Å²) in [6.45, 7) is 1.81. The lowest BCUT2D eigenvalue weighted by Gasteiger charge is -2.23. The zero-order chi connectivity index (χ0) is 25.7. The maximum absolute atomic E-state index is 13.8. The molecule has 3 aromatic carbocycles. The quantitative estimate of drug-likeness (QED) is 0.130. The van der Waals surface area contributed by atoms with Crippen molar-refractivity contribution in [1.82, 2.24) is 4.98 Å². The van der Waals surface area contributed by atoms with Gasteiger partial charge in [-0.3, -0.25) is 24.6 Å². The van der Waals surface area contributed by atoms with Gasteiger partial charge in [-0.1, -0.05) is 53.3 Å². The second-order valence-corrected chi connectivity index (χ2v) is 9.13. The number of aryl methyl sites for hydroxylation is 1. The number of aliphatic hydroxyl groups excluding tert-OH is 1. The molecule has 2 heterocycles. The minimum Gasteiger partial charge on any atom is -0.507 e. The Hall–Kier alpha value is -4.51. The highest BCUT2D eigenvalue weighted by Gasteiger charge is 2.48. The number of nitro groups is 1.